The summed E-state index contributed by atoms with van der Waals surface area (Å²) in [5.74, 6) is -2.17. The molecule has 1 aromatic rings. The van der Waals surface area contributed by atoms with E-state index in [0.29, 0.717) is 5.56 Å². The van der Waals surface area contributed by atoms with Crippen molar-refractivity contribution in [3.63, 3.8) is 0 Å². The third-order valence-electron chi connectivity index (χ3n) is 3.28. The number of nitrogens with one attached hydrogen (secondary N) is 2. The van der Waals surface area contributed by atoms with E-state index in [4.69, 9.17) is 5.11 Å². The number of carbonyl (C=O) groups excluding carboxylic acids is 2. The second kappa shape index (κ2) is 7.59. The molecule has 0 aliphatic rings. The van der Waals surface area contributed by atoms with Crippen LogP contribution in [-0.4, -0.2) is 35.0 Å². The van der Waals surface area contributed by atoms with Crippen molar-refractivity contribution in [2.45, 2.75) is 39.8 Å². The molecule has 0 fully saturated rings. The number of benzene rings is 1. The fourth-order valence-corrected chi connectivity index (χ4v) is 1.83. The van der Waals surface area contributed by atoms with Gasteiger partial charge in [-0.05, 0) is 31.9 Å². The van der Waals surface area contributed by atoms with Gasteiger partial charge in [0.15, 0.2) is 0 Å². The zero-order valence-electron chi connectivity index (χ0n) is 13.2. The van der Waals surface area contributed by atoms with E-state index in [1.165, 1.54) is 6.92 Å². The smallest absolute Gasteiger partial charge is 0.325 e. The predicted octanol–water partition coefficient (Wildman–Crippen LogP) is 1.34. The van der Waals surface area contributed by atoms with E-state index < -0.39 is 24.0 Å². The van der Waals surface area contributed by atoms with Crippen molar-refractivity contribution in [1.29, 1.82) is 0 Å². The fourth-order valence-electron chi connectivity index (χ4n) is 1.83. The molecule has 6 nitrogen and oxygen atoms in total. The first-order valence-corrected chi connectivity index (χ1v) is 7.13. The first-order chi connectivity index (χ1) is 10.2. The van der Waals surface area contributed by atoms with Gasteiger partial charge in [0, 0.05) is 5.56 Å². The summed E-state index contributed by atoms with van der Waals surface area (Å²) in [5, 5.41) is 13.9. The zero-order valence-corrected chi connectivity index (χ0v) is 13.2. The van der Waals surface area contributed by atoms with E-state index in [0.717, 1.165) is 5.56 Å². The van der Waals surface area contributed by atoms with Gasteiger partial charge in [-0.15, -0.1) is 0 Å². The van der Waals surface area contributed by atoms with Gasteiger partial charge in [0.25, 0.3) is 5.91 Å². The van der Waals surface area contributed by atoms with Gasteiger partial charge in [-0.3, -0.25) is 14.4 Å². The highest BCUT2D eigenvalue weighted by Crippen LogP contribution is 2.07. The van der Waals surface area contributed by atoms with Crippen molar-refractivity contribution in [1.82, 2.24) is 10.6 Å². The van der Waals surface area contributed by atoms with Crippen LogP contribution in [-0.2, 0) is 9.59 Å². The quantitative estimate of drug-likeness (QED) is 0.739. The van der Waals surface area contributed by atoms with Gasteiger partial charge in [0.1, 0.15) is 12.1 Å². The first kappa shape index (κ1) is 17.7. The number of carbonyl (C=O) groups is 3. The van der Waals surface area contributed by atoms with Crippen LogP contribution in [0.25, 0.3) is 0 Å². The maximum Gasteiger partial charge on any atom is 0.325 e. The summed E-state index contributed by atoms with van der Waals surface area (Å²) in [5.41, 5.74) is 1.49. The molecule has 6 heteroatoms. The summed E-state index contributed by atoms with van der Waals surface area (Å²) < 4.78 is 0. The normalized spacial score (nSPS) is 13.3. The van der Waals surface area contributed by atoms with Crippen LogP contribution in [0.2, 0.25) is 0 Å². The molecule has 0 aliphatic carbocycles. The Kier molecular flexibility index (Phi) is 6.10. The van der Waals surface area contributed by atoms with E-state index in [2.05, 4.69) is 10.6 Å². The van der Waals surface area contributed by atoms with E-state index >= 15 is 0 Å². The Balaban J connectivity index is 2.79. The summed E-state index contributed by atoms with van der Waals surface area (Å²) >= 11 is 0. The van der Waals surface area contributed by atoms with Crippen LogP contribution in [0.5, 0.6) is 0 Å². The molecule has 0 radical (unpaired) electrons. The summed E-state index contributed by atoms with van der Waals surface area (Å²) in [6.07, 6.45) is 0. The molecule has 0 spiro atoms. The molecule has 0 bridgehead atoms. The number of hydrogen-bond acceptors (Lipinski definition) is 3. The highest BCUT2D eigenvalue weighted by Gasteiger charge is 2.27. The Hall–Kier alpha value is -2.37. The van der Waals surface area contributed by atoms with E-state index in [-0.39, 0.29) is 11.8 Å². The maximum absolute atomic E-state index is 12.2. The number of carboxylic acids is 1. The van der Waals surface area contributed by atoms with Crippen LogP contribution in [0.15, 0.2) is 24.3 Å². The molecular formula is C16H22N2O4. The average Bonchev–Trinajstić information content (AvgIpc) is 2.44. The lowest BCUT2D eigenvalue weighted by atomic mass is 10.0. The number of hydrogen-bond donors (Lipinski definition) is 3. The zero-order chi connectivity index (χ0) is 16.9. The van der Waals surface area contributed by atoms with Gasteiger partial charge in [0.2, 0.25) is 5.91 Å². The van der Waals surface area contributed by atoms with Crippen molar-refractivity contribution in [2.75, 3.05) is 0 Å². The SMILES string of the molecule is Cc1ccc(C(=O)NC(C(=O)N[C@@H](C)C(=O)O)C(C)C)cc1. The molecule has 22 heavy (non-hydrogen) atoms. The van der Waals surface area contributed by atoms with Crippen molar-refractivity contribution < 1.29 is 19.5 Å². The molecule has 0 aliphatic heterocycles. The van der Waals surface area contributed by atoms with Gasteiger partial charge < -0.3 is 15.7 Å². The maximum atomic E-state index is 12.2. The molecule has 120 valence electrons. The Labute approximate surface area is 129 Å². The Bertz CT molecular complexity index is 552. The largest absolute Gasteiger partial charge is 0.480 e. The highest BCUT2D eigenvalue weighted by molar-refractivity contribution is 5.98. The molecule has 2 atom stereocenters. The van der Waals surface area contributed by atoms with Crippen molar-refractivity contribution in [2.24, 2.45) is 5.92 Å². The van der Waals surface area contributed by atoms with Crippen LogP contribution >= 0.6 is 0 Å². The van der Waals surface area contributed by atoms with Crippen LogP contribution in [0.3, 0.4) is 0 Å². The van der Waals surface area contributed by atoms with Crippen LogP contribution in [0, 0.1) is 12.8 Å². The molecule has 1 aromatic carbocycles. The molecule has 0 saturated carbocycles. The Morgan fingerprint density at radius 3 is 2.00 bits per heavy atom. The minimum atomic E-state index is -1.12. The predicted molar refractivity (Wildman–Crippen MR) is 82.5 cm³/mol. The molecule has 0 aromatic heterocycles. The summed E-state index contributed by atoms with van der Waals surface area (Å²) in [6, 6.07) is 5.18. The number of carboxylic acid groups (broad SMARTS) is 1. The molecule has 1 rings (SSSR count). The number of rotatable bonds is 6. The van der Waals surface area contributed by atoms with Gasteiger partial charge in [0.05, 0.1) is 0 Å². The monoisotopic (exact) mass is 306 g/mol. The van der Waals surface area contributed by atoms with Crippen LogP contribution < -0.4 is 10.6 Å². The standard InChI is InChI=1S/C16H22N2O4/c1-9(2)13(15(20)17-11(4)16(21)22)18-14(19)12-7-5-10(3)6-8-12/h5-9,11,13H,1-4H3,(H,17,20)(H,18,19)(H,21,22)/t11-,13?/m0/s1. The van der Waals surface area contributed by atoms with Gasteiger partial charge >= 0.3 is 5.97 Å². The number of aryl methyl sites for hydroxylation is 1. The van der Waals surface area contributed by atoms with Crippen LogP contribution in [0.1, 0.15) is 36.7 Å². The van der Waals surface area contributed by atoms with Gasteiger partial charge in [-0.1, -0.05) is 31.5 Å². The Morgan fingerprint density at radius 2 is 1.55 bits per heavy atom. The fraction of sp³-hybridized carbons (Fsp3) is 0.438. The highest BCUT2D eigenvalue weighted by atomic mass is 16.4. The van der Waals surface area contributed by atoms with E-state index in [1.807, 2.05) is 19.1 Å². The third-order valence-corrected chi connectivity index (χ3v) is 3.28. The third kappa shape index (κ3) is 4.87. The second-order valence-corrected chi connectivity index (χ2v) is 5.63. The number of aliphatic carboxylic acids is 1. The molecular weight excluding hydrogens is 284 g/mol. The summed E-state index contributed by atoms with van der Waals surface area (Å²) in [7, 11) is 0. The van der Waals surface area contributed by atoms with Gasteiger partial charge in [-0.25, -0.2) is 0 Å². The lowest BCUT2D eigenvalue weighted by molar-refractivity contribution is -0.141. The van der Waals surface area contributed by atoms with E-state index in [1.54, 1.807) is 26.0 Å². The van der Waals surface area contributed by atoms with Crippen molar-refractivity contribution >= 4 is 17.8 Å². The first-order valence-electron chi connectivity index (χ1n) is 7.13. The van der Waals surface area contributed by atoms with Gasteiger partial charge in [-0.2, -0.15) is 0 Å². The number of amides is 2. The van der Waals surface area contributed by atoms with Crippen molar-refractivity contribution in [3.05, 3.63) is 35.4 Å². The topological polar surface area (TPSA) is 95.5 Å². The molecule has 2 amide bonds. The minimum absolute atomic E-state index is 0.171. The van der Waals surface area contributed by atoms with E-state index in [9.17, 15) is 14.4 Å². The minimum Gasteiger partial charge on any atom is -0.480 e. The second-order valence-electron chi connectivity index (χ2n) is 5.63. The Morgan fingerprint density at radius 1 is 1.00 bits per heavy atom. The lowest BCUT2D eigenvalue weighted by Gasteiger charge is -2.23. The average molecular weight is 306 g/mol. The molecule has 0 saturated heterocycles. The molecule has 1 unspecified atom stereocenters. The lowest BCUT2D eigenvalue weighted by Crippen LogP contribution is -2.53. The summed E-state index contributed by atoms with van der Waals surface area (Å²) in [6.45, 7) is 6.86. The van der Waals surface area contributed by atoms with Crippen molar-refractivity contribution in [3.8, 4) is 0 Å². The molecule has 0 heterocycles. The summed E-state index contributed by atoms with van der Waals surface area (Å²) in [4.78, 5) is 35.1. The molecule has 3 N–H and O–H groups in total. The van der Waals surface area contributed by atoms with Crippen LogP contribution in [0.4, 0.5) is 0 Å².